The maximum absolute atomic E-state index is 14.4. The van der Waals surface area contributed by atoms with Gasteiger partial charge in [0.2, 0.25) is 0 Å². The predicted molar refractivity (Wildman–Crippen MR) is 78.7 cm³/mol. The largest absolute Gasteiger partial charge is 0.468 e. The van der Waals surface area contributed by atoms with Crippen molar-refractivity contribution in [1.82, 2.24) is 0 Å². The Morgan fingerprint density at radius 1 is 1.18 bits per heavy atom. The Labute approximate surface area is 135 Å². The van der Waals surface area contributed by atoms with Gasteiger partial charge in [-0.2, -0.15) is 0 Å². The Hall–Kier alpha value is -1.05. The first-order valence-corrected chi connectivity index (χ1v) is 7.73. The van der Waals surface area contributed by atoms with Crippen molar-refractivity contribution < 1.29 is 27.8 Å². The summed E-state index contributed by atoms with van der Waals surface area (Å²) < 4.78 is 43.8. The minimum absolute atomic E-state index is 0.0359. The maximum atomic E-state index is 14.4. The second-order valence-corrected chi connectivity index (χ2v) is 5.86. The molecule has 0 amide bonds. The van der Waals surface area contributed by atoms with E-state index in [9.17, 15) is 13.6 Å². The van der Waals surface area contributed by atoms with Crippen molar-refractivity contribution in [3.05, 3.63) is 34.9 Å². The number of ether oxygens (including phenoxy) is 3. The zero-order valence-corrected chi connectivity index (χ0v) is 14.1. The molecule has 0 atom stereocenters. The molecule has 0 saturated heterocycles. The molecule has 122 valence electrons. The summed E-state index contributed by atoms with van der Waals surface area (Å²) in [5, 5.41) is 0.182. The number of carbonyl (C=O) groups is 1. The van der Waals surface area contributed by atoms with Crippen LogP contribution in [0.1, 0.15) is 24.0 Å². The van der Waals surface area contributed by atoms with Crippen LogP contribution in [-0.4, -0.2) is 33.1 Å². The highest BCUT2D eigenvalue weighted by Crippen LogP contribution is 2.54. The summed E-state index contributed by atoms with van der Waals surface area (Å²) in [5.74, 6) is -2.86. The number of methoxy groups -OCH3 is 3. The van der Waals surface area contributed by atoms with E-state index < -0.39 is 28.8 Å². The van der Waals surface area contributed by atoms with Crippen LogP contribution in [0.25, 0.3) is 0 Å². The normalized spacial score (nSPS) is 18.6. The molecule has 7 heteroatoms. The topological polar surface area (TPSA) is 44.8 Å². The van der Waals surface area contributed by atoms with Gasteiger partial charge in [-0.25, -0.2) is 8.78 Å². The molecule has 1 saturated carbocycles. The molecule has 0 spiro atoms. The summed E-state index contributed by atoms with van der Waals surface area (Å²) in [6, 6.07) is 2.14. The second kappa shape index (κ2) is 6.22. The zero-order chi connectivity index (χ0) is 16.5. The van der Waals surface area contributed by atoms with E-state index in [4.69, 9.17) is 14.2 Å². The van der Waals surface area contributed by atoms with Gasteiger partial charge in [-0.3, -0.25) is 4.79 Å². The van der Waals surface area contributed by atoms with Gasteiger partial charge in [0.1, 0.15) is 17.0 Å². The van der Waals surface area contributed by atoms with Gasteiger partial charge in [0.05, 0.1) is 7.11 Å². The highest BCUT2D eigenvalue weighted by Gasteiger charge is 2.63. The molecule has 1 aliphatic rings. The number of hydrogen-bond acceptors (Lipinski definition) is 4. The number of rotatable bonds is 5. The fraction of sp³-hybridized carbons (Fsp3) is 0.533. The van der Waals surface area contributed by atoms with E-state index in [2.05, 4.69) is 15.9 Å². The third kappa shape index (κ3) is 2.55. The first-order chi connectivity index (χ1) is 10.4. The third-order valence-electron chi connectivity index (χ3n) is 4.26. The molecule has 0 radical (unpaired) electrons. The quantitative estimate of drug-likeness (QED) is 0.448. The summed E-state index contributed by atoms with van der Waals surface area (Å²) in [4.78, 5) is 12.2. The van der Waals surface area contributed by atoms with Crippen molar-refractivity contribution in [3.63, 3.8) is 0 Å². The third-order valence-corrected chi connectivity index (χ3v) is 4.86. The molecule has 0 N–H and O–H groups in total. The van der Waals surface area contributed by atoms with Crippen molar-refractivity contribution >= 4 is 21.9 Å². The Morgan fingerprint density at radius 3 is 2.23 bits per heavy atom. The van der Waals surface area contributed by atoms with Gasteiger partial charge in [-0.05, 0) is 12.1 Å². The number of carbonyl (C=O) groups excluding carboxylic acids is 1. The zero-order valence-electron chi connectivity index (χ0n) is 12.5. The van der Waals surface area contributed by atoms with E-state index in [1.165, 1.54) is 21.3 Å². The number of halogens is 3. The summed E-state index contributed by atoms with van der Waals surface area (Å²) in [6.07, 6.45) is 0.118. The molecule has 0 bridgehead atoms. The van der Waals surface area contributed by atoms with Gasteiger partial charge < -0.3 is 14.2 Å². The molecule has 22 heavy (non-hydrogen) atoms. The number of esters is 1. The molecular weight excluding hydrogens is 362 g/mol. The fourth-order valence-corrected chi connectivity index (χ4v) is 3.37. The molecule has 1 aromatic carbocycles. The summed E-state index contributed by atoms with van der Waals surface area (Å²) >= 11 is 3.09. The molecule has 1 aliphatic carbocycles. The van der Waals surface area contributed by atoms with E-state index in [1.807, 2.05) is 0 Å². The van der Waals surface area contributed by atoms with Crippen LogP contribution in [-0.2, 0) is 29.8 Å². The smallest absolute Gasteiger partial charge is 0.316 e. The van der Waals surface area contributed by atoms with Gasteiger partial charge in [0.25, 0.3) is 0 Å². The van der Waals surface area contributed by atoms with Crippen LogP contribution in [0.2, 0.25) is 0 Å². The van der Waals surface area contributed by atoms with Crippen LogP contribution in [0.15, 0.2) is 12.1 Å². The summed E-state index contributed by atoms with van der Waals surface area (Å²) in [7, 11) is 4.09. The minimum atomic E-state index is -1.31. The van der Waals surface area contributed by atoms with Crippen LogP contribution in [0.5, 0.6) is 0 Å². The predicted octanol–water partition coefficient (Wildman–Crippen LogP) is 3.05. The standard InChI is InChI=1S/C15H17BrF2O4/c1-20-13(19)14(7-15(8-14,21-2)22-3)10-5-11(17)9(6-16)4-12(10)18/h4-5H,6-8H2,1-3H3. The van der Waals surface area contributed by atoms with Gasteiger partial charge in [-0.1, -0.05) is 15.9 Å². The van der Waals surface area contributed by atoms with Gasteiger partial charge in [-0.15, -0.1) is 0 Å². The molecule has 1 fully saturated rings. The van der Waals surface area contributed by atoms with Gasteiger partial charge in [0.15, 0.2) is 5.79 Å². The maximum Gasteiger partial charge on any atom is 0.316 e. The Bertz CT molecular complexity index is 579. The molecule has 4 nitrogen and oxygen atoms in total. The Morgan fingerprint density at radius 2 is 1.77 bits per heavy atom. The van der Waals surface area contributed by atoms with Crippen molar-refractivity contribution in [2.75, 3.05) is 21.3 Å². The van der Waals surface area contributed by atoms with Crippen molar-refractivity contribution in [2.24, 2.45) is 0 Å². The van der Waals surface area contributed by atoms with E-state index in [0.29, 0.717) is 0 Å². The lowest BCUT2D eigenvalue weighted by Crippen LogP contribution is -2.61. The number of benzene rings is 1. The molecule has 0 aliphatic heterocycles. The Kier molecular flexibility index (Phi) is 4.89. The molecule has 0 unspecified atom stereocenters. The summed E-state index contributed by atoms with van der Waals surface area (Å²) in [5.41, 5.74) is -1.16. The van der Waals surface area contributed by atoms with E-state index in [-0.39, 0.29) is 29.3 Å². The monoisotopic (exact) mass is 378 g/mol. The van der Waals surface area contributed by atoms with Crippen LogP contribution >= 0.6 is 15.9 Å². The molecular formula is C15H17BrF2O4. The van der Waals surface area contributed by atoms with E-state index in [1.54, 1.807) is 0 Å². The van der Waals surface area contributed by atoms with E-state index >= 15 is 0 Å². The number of hydrogen-bond donors (Lipinski definition) is 0. The highest BCUT2D eigenvalue weighted by atomic mass is 79.9. The lowest BCUT2D eigenvalue weighted by Gasteiger charge is -2.52. The molecule has 2 rings (SSSR count). The lowest BCUT2D eigenvalue weighted by molar-refractivity contribution is -0.278. The van der Waals surface area contributed by atoms with E-state index in [0.717, 1.165) is 12.1 Å². The molecule has 0 aromatic heterocycles. The molecule has 1 aromatic rings. The number of alkyl halides is 1. The van der Waals surface area contributed by atoms with Gasteiger partial charge >= 0.3 is 5.97 Å². The van der Waals surface area contributed by atoms with Crippen LogP contribution in [0.4, 0.5) is 8.78 Å². The average molecular weight is 379 g/mol. The first kappa shape index (κ1) is 17.3. The Balaban J connectivity index is 2.50. The summed E-state index contributed by atoms with van der Waals surface area (Å²) in [6.45, 7) is 0. The first-order valence-electron chi connectivity index (χ1n) is 6.61. The lowest BCUT2D eigenvalue weighted by atomic mass is 9.60. The minimum Gasteiger partial charge on any atom is -0.468 e. The fourth-order valence-electron chi connectivity index (χ4n) is 2.94. The average Bonchev–Trinajstić information content (AvgIpc) is 2.49. The van der Waals surface area contributed by atoms with Crippen LogP contribution < -0.4 is 0 Å². The van der Waals surface area contributed by atoms with Crippen LogP contribution in [0, 0.1) is 11.6 Å². The SMILES string of the molecule is COC(=O)C1(c2cc(F)c(CBr)cc2F)CC(OC)(OC)C1. The van der Waals surface area contributed by atoms with Crippen molar-refractivity contribution in [1.29, 1.82) is 0 Å². The highest BCUT2D eigenvalue weighted by molar-refractivity contribution is 9.08. The van der Waals surface area contributed by atoms with Crippen molar-refractivity contribution in [3.8, 4) is 0 Å². The van der Waals surface area contributed by atoms with Crippen molar-refractivity contribution in [2.45, 2.75) is 29.4 Å². The van der Waals surface area contributed by atoms with Gasteiger partial charge in [0, 0.05) is 43.5 Å². The second-order valence-electron chi connectivity index (χ2n) is 5.30. The van der Waals surface area contributed by atoms with Crippen LogP contribution in [0.3, 0.4) is 0 Å². The molecule has 0 heterocycles.